The van der Waals surface area contributed by atoms with Gasteiger partial charge in [0.1, 0.15) is 11.8 Å². The zero-order chi connectivity index (χ0) is 19.5. The highest BCUT2D eigenvalue weighted by molar-refractivity contribution is 5.99. The average molecular weight is 398 g/mol. The molecule has 1 saturated heterocycles. The molecular weight excluding hydrogens is 366 g/mol. The van der Waals surface area contributed by atoms with Gasteiger partial charge in [0, 0.05) is 19.1 Å². The lowest BCUT2D eigenvalue weighted by Gasteiger charge is -2.44. The largest absolute Gasteiger partial charge is 0.496 e. The molecule has 152 valence electrons. The second kappa shape index (κ2) is 9.42. The summed E-state index contributed by atoms with van der Waals surface area (Å²) < 4.78 is 5.25. The summed E-state index contributed by atoms with van der Waals surface area (Å²) in [4.78, 5) is 27.6. The fourth-order valence-corrected chi connectivity index (χ4v) is 3.32. The number of nitrogens with one attached hydrogen (secondary N) is 1. The van der Waals surface area contributed by atoms with E-state index in [4.69, 9.17) is 10.5 Å². The minimum Gasteiger partial charge on any atom is -0.496 e. The number of carbonyl (C=O) groups excluding carboxylic acids is 2. The van der Waals surface area contributed by atoms with Crippen LogP contribution in [0.5, 0.6) is 5.75 Å². The summed E-state index contributed by atoms with van der Waals surface area (Å²) in [7, 11) is 1.52. The summed E-state index contributed by atoms with van der Waals surface area (Å²) in [5.74, 6) is 0.107. The maximum absolute atomic E-state index is 13.1. The number of para-hydroxylation sites is 1. The van der Waals surface area contributed by atoms with Crippen molar-refractivity contribution in [1.29, 1.82) is 0 Å². The number of piperidine rings is 1. The molecule has 1 aliphatic heterocycles. The Morgan fingerprint density at radius 3 is 2.48 bits per heavy atom. The topological polar surface area (TPSA) is 84.7 Å². The lowest BCUT2D eigenvalue weighted by atomic mass is 9.79. The van der Waals surface area contributed by atoms with Gasteiger partial charge in [0.2, 0.25) is 5.91 Å². The molecule has 27 heavy (non-hydrogen) atoms. The highest BCUT2D eigenvalue weighted by Gasteiger charge is 2.38. The Labute approximate surface area is 168 Å². The molecule has 2 atom stereocenters. The highest BCUT2D eigenvalue weighted by Crippen LogP contribution is 2.28. The molecule has 0 spiro atoms. The van der Waals surface area contributed by atoms with Gasteiger partial charge in [-0.05, 0) is 29.9 Å². The van der Waals surface area contributed by atoms with Crippen LogP contribution in [-0.4, -0.2) is 49.0 Å². The summed E-state index contributed by atoms with van der Waals surface area (Å²) in [6.45, 7) is 9.25. The van der Waals surface area contributed by atoms with Gasteiger partial charge in [0.25, 0.3) is 5.91 Å². The Morgan fingerprint density at radius 1 is 1.30 bits per heavy atom. The quantitative estimate of drug-likeness (QED) is 0.799. The van der Waals surface area contributed by atoms with Crippen LogP contribution >= 0.6 is 12.4 Å². The third-order valence-electron chi connectivity index (χ3n) is 5.19. The molecule has 1 aromatic carbocycles. The molecule has 2 amide bonds. The van der Waals surface area contributed by atoms with Gasteiger partial charge in [-0.2, -0.15) is 0 Å². The molecule has 1 fully saturated rings. The number of nitrogens with zero attached hydrogens (tertiary/aromatic N) is 1. The third-order valence-corrected chi connectivity index (χ3v) is 5.19. The summed E-state index contributed by atoms with van der Waals surface area (Å²) >= 11 is 0. The van der Waals surface area contributed by atoms with Crippen molar-refractivity contribution >= 4 is 24.2 Å². The Bertz CT molecular complexity index is 664. The summed E-state index contributed by atoms with van der Waals surface area (Å²) in [6, 6.07) is 6.50. The second-order valence-corrected chi connectivity index (χ2v) is 8.04. The Balaban J connectivity index is 0.00000364. The number of hydrogen-bond acceptors (Lipinski definition) is 4. The maximum Gasteiger partial charge on any atom is 0.255 e. The van der Waals surface area contributed by atoms with E-state index >= 15 is 0 Å². The number of hydrogen-bond donors (Lipinski definition) is 2. The molecule has 3 N–H and O–H groups in total. The molecule has 0 saturated carbocycles. The lowest BCUT2D eigenvalue weighted by molar-refractivity contribution is -0.137. The van der Waals surface area contributed by atoms with Crippen LogP contribution in [0.15, 0.2) is 24.3 Å². The van der Waals surface area contributed by atoms with Crippen LogP contribution < -0.4 is 15.8 Å². The number of carbonyl (C=O) groups is 2. The van der Waals surface area contributed by atoms with Crippen LogP contribution in [0, 0.1) is 11.3 Å². The zero-order valence-electron chi connectivity index (χ0n) is 16.8. The molecule has 0 radical (unpaired) electrons. The molecule has 7 heteroatoms. The smallest absolute Gasteiger partial charge is 0.255 e. The molecular formula is C20H32ClN3O3. The van der Waals surface area contributed by atoms with Gasteiger partial charge in [-0.1, -0.05) is 39.8 Å². The number of methoxy groups -OCH3 is 1. The summed E-state index contributed by atoms with van der Waals surface area (Å²) in [6.07, 6.45) is 0.768. The maximum atomic E-state index is 13.1. The molecule has 6 nitrogen and oxygen atoms in total. The Hall–Kier alpha value is -1.79. The van der Waals surface area contributed by atoms with Gasteiger partial charge < -0.3 is 20.7 Å². The monoisotopic (exact) mass is 397 g/mol. The predicted molar refractivity (Wildman–Crippen MR) is 109 cm³/mol. The van der Waals surface area contributed by atoms with E-state index in [0.29, 0.717) is 24.4 Å². The first-order valence-electron chi connectivity index (χ1n) is 9.15. The first-order chi connectivity index (χ1) is 12.2. The van der Waals surface area contributed by atoms with Crippen LogP contribution in [0.4, 0.5) is 0 Å². The normalized spacial score (nSPS) is 19.8. The van der Waals surface area contributed by atoms with Gasteiger partial charge in [-0.15, -0.1) is 12.4 Å². The third kappa shape index (κ3) is 5.36. The molecule has 1 aromatic rings. The molecule has 0 bridgehead atoms. The molecule has 2 unspecified atom stereocenters. The van der Waals surface area contributed by atoms with Crippen LogP contribution in [0.3, 0.4) is 0 Å². The van der Waals surface area contributed by atoms with Crippen molar-refractivity contribution in [3.8, 4) is 5.75 Å². The van der Waals surface area contributed by atoms with Gasteiger partial charge in [-0.25, -0.2) is 0 Å². The fraction of sp³-hybridized carbons (Fsp3) is 0.600. The van der Waals surface area contributed by atoms with Crippen LogP contribution in [0.1, 0.15) is 44.5 Å². The van der Waals surface area contributed by atoms with Gasteiger partial charge in [-0.3, -0.25) is 9.59 Å². The lowest BCUT2D eigenvalue weighted by Crippen LogP contribution is -2.59. The first-order valence-corrected chi connectivity index (χ1v) is 9.15. The van der Waals surface area contributed by atoms with Gasteiger partial charge in [0.15, 0.2) is 0 Å². The van der Waals surface area contributed by atoms with E-state index in [1.807, 2.05) is 18.7 Å². The number of halogens is 1. The zero-order valence-corrected chi connectivity index (χ0v) is 17.6. The minimum absolute atomic E-state index is 0. The molecule has 1 heterocycles. The van der Waals surface area contributed by atoms with Crippen LogP contribution in [0.2, 0.25) is 0 Å². The number of nitrogens with two attached hydrogens (primary N) is 1. The summed E-state index contributed by atoms with van der Waals surface area (Å²) in [5, 5.41) is 2.90. The van der Waals surface area contributed by atoms with Crippen molar-refractivity contribution in [3.63, 3.8) is 0 Å². The van der Waals surface area contributed by atoms with E-state index < -0.39 is 6.04 Å². The highest BCUT2D eigenvalue weighted by atomic mass is 35.5. The standard InChI is InChI=1S/C20H31N3O3.ClH/c1-13(2)17(19(25)23-11-10-16(21)20(3,4)12-23)22-18(24)14-8-6-7-9-15(14)26-5;/h6-9,13,16-17H,10-12,21H2,1-5H3,(H,22,24);1H. The SMILES string of the molecule is COc1ccccc1C(=O)NC(C(=O)N1CCC(N)C(C)(C)C1)C(C)C.Cl. The van der Waals surface area contributed by atoms with Crippen molar-refractivity contribution in [1.82, 2.24) is 10.2 Å². The molecule has 1 aliphatic rings. The fourth-order valence-electron chi connectivity index (χ4n) is 3.32. The van der Waals surface area contributed by atoms with Crippen LogP contribution in [-0.2, 0) is 4.79 Å². The molecule has 0 aromatic heterocycles. The van der Waals surface area contributed by atoms with E-state index in [1.54, 1.807) is 24.3 Å². The minimum atomic E-state index is -0.586. The van der Waals surface area contributed by atoms with Crippen molar-refractivity contribution in [3.05, 3.63) is 29.8 Å². The van der Waals surface area contributed by atoms with E-state index in [-0.39, 0.29) is 41.6 Å². The molecule has 2 rings (SSSR count). The van der Waals surface area contributed by atoms with E-state index in [0.717, 1.165) is 6.42 Å². The Morgan fingerprint density at radius 2 is 1.93 bits per heavy atom. The van der Waals surface area contributed by atoms with E-state index in [9.17, 15) is 9.59 Å². The van der Waals surface area contributed by atoms with Gasteiger partial charge >= 0.3 is 0 Å². The average Bonchev–Trinajstić information content (AvgIpc) is 2.60. The number of benzene rings is 1. The van der Waals surface area contributed by atoms with Crippen LogP contribution in [0.25, 0.3) is 0 Å². The number of likely N-dealkylation sites (tertiary alicyclic amines) is 1. The number of ether oxygens (including phenoxy) is 1. The first kappa shape index (κ1) is 23.2. The van der Waals surface area contributed by atoms with Crippen molar-refractivity contribution in [2.24, 2.45) is 17.1 Å². The summed E-state index contributed by atoms with van der Waals surface area (Å²) in [5.41, 5.74) is 6.47. The molecule has 0 aliphatic carbocycles. The Kier molecular flexibility index (Phi) is 8.11. The van der Waals surface area contributed by atoms with Crippen molar-refractivity contribution in [2.75, 3.05) is 20.2 Å². The number of rotatable bonds is 5. The second-order valence-electron chi connectivity index (χ2n) is 8.04. The van der Waals surface area contributed by atoms with Crippen molar-refractivity contribution in [2.45, 2.75) is 46.2 Å². The van der Waals surface area contributed by atoms with E-state index in [1.165, 1.54) is 7.11 Å². The van der Waals surface area contributed by atoms with Crippen molar-refractivity contribution < 1.29 is 14.3 Å². The predicted octanol–water partition coefficient (Wildman–Crippen LogP) is 2.46. The van der Waals surface area contributed by atoms with Gasteiger partial charge in [0.05, 0.1) is 12.7 Å². The number of amides is 2. The van der Waals surface area contributed by atoms with E-state index in [2.05, 4.69) is 19.2 Å².